The molecular formula is C20H26OS. The highest BCUT2D eigenvalue weighted by atomic mass is 32.2. The maximum absolute atomic E-state index is 10.7. The molecule has 2 aromatic carbocycles. The molecule has 0 atom stereocenters. The second kappa shape index (κ2) is 6.00. The summed E-state index contributed by atoms with van der Waals surface area (Å²) in [6, 6.07) is 14.6. The van der Waals surface area contributed by atoms with Crippen LogP contribution in [0.15, 0.2) is 52.3 Å². The number of aromatic hydroxyl groups is 1. The van der Waals surface area contributed by atoms with Crippen LogP contribution in [0, 0.1) is 0 Å². The zero-order chi connectivity index (χ0) is 16.5. The van der Waals surface area contributed by atoms with Crippen LogP contribution in [0.4, 0.5) is 0 Å². The molecule has 22 heavy (non-hydrogen) atoms. The highest BCUT2D eigenvalue weighted by molar-refractivity contribution is 7.99. The molecule has 1 nitrogen and oxygen atoms in total. The maximum Gasteiger partial charge on any atom is 0.123 e. The third-order valence-corrected chi connectivity index (χ3v) is 4.66. The molecule has 0 spiro atoms. The van der Waals surface area contributed by atoms with Crippen LogP contribution >= 0.6 is 11.8 Å². The minimum atomic E-state index is -0.0860. The van der Waals surface area contributed by atoms with E-state index in [1.54, 1.807) is 11.8 Å². The lowest BCUT2D eigenvalue weighted by Crippen LogP contribution is -2.17. The van der Waals surface area contributed by atoms with Crippen molar-refractivity contribution < 1.29 is 5.11 Å². The lowest BCUT2D eigenvalue weighted by Gasteiger charge is -2.28. The number of rotatable bonds is 2. The Kier molecular flexibility index (Phi) is 4.62. The Morgan fingerprint density at radius 1 is 0.727 bits per heavy atom. The Hall–Kier alpha value is -1.41. The first-order valence-electron chi connectivity index (χ1n) is 7.70. The van der Waals surface area contributed by atoms with E-state index in [1.165, 1.54) is 9.79 Å². The van der Waals surface area contributed by atoms with Crippen LogP contribution in [0.25, 0.3) is 0 Å². The van der Waals surface area contributed by atoms with E-state index in [0.717, 1.165) is 11.1 Å². The highest BCUT2D eigenvalue weighted by Crippen LogP contribution is 2.42. The van der Waals surface area contributed by atoms with Gasteiger partial charge in [-0.05, 0) is 35.1 Å². The van der Waals surface area contributed by atoms with Crippen molar-refractivity contribution in [1.29, 1.82) is 0 Å². The van der Waals surface area contributed by atoms with Gasteiger partial charge in [-0.15, -0.1) is 0 Å². The van der Waals surface area contributed by atoms with Gasteiger partial charge in [0, 0.05) is 20.9 Å². The Bertz CT molecular complexity index is 611. The van der Waals surface area contributed by atoms with Crippen LogP contribution < -0.4 is 0 Å². The van der Waals surface area contributed by atoms with Gasteiger partial charge in [-0.2, -0.15) is 0 Å². The first-order chi connectivity index (χ1) is 10.1. The van der Waals surface area contributed by atoms with Gasteiger partial charge in [0.25, 0.3) is 0 Å². The molecule has 0 fully saturated rings. The van der Waals surface area contributed by atoms with E-state index in [2.05, 4.69) is 77.9 Å². The van der Waals surface area contributed by atoms with E-state index in [0.29, 0.717) is 5.75 Å². The molecule has 1 N–H and O–H groups in total. The van der Waals surface area contributed by atoms with Crippen molar-refractivity contribution in [1.82, 2.24) is 0 Å². The fourth-order valence-corrected chi connectivity index (χ4v) is 3.35. The lowest BCUT2D eigenvalue weighted by molar-refractivity contribution is 0.422. The molecule has 0 aliphatic heterocycles. The van der Waals surface area contributed by atoms with E-state index in [1.807, 2.05) is 6.07 Å². The fourth-order valence-electron chi connectivity index (χ4n) is 2.43. The molecule has 0 saturated carbocycles. The normalized spacial score (nSPS) is 12.5. The molecule has 0 aliphatic carbocycles. The summed E-state index contributed by atoms with van der Waals surface area (Å²) in [5, 5.41) is 10.7. The minimum Gasteiger partial charge on any atom is -0.507 e. The lowest BCUT2D eigenvalue weighted by atomic mass is 9.79. The van der Waals surface area contributed by atoms with Gasteiger partial charge in [0.05, 0.1) is 0 Å². The Morgan fingerprint density at radius 2 is 1.18 bits per heavy atom. The molecule has 0 aromatic heterocycles. The van der Waals surface area contributed by atoms with Gasteiger partial charge < -0.3 is 5.11 Å². The van der Waals surface area contributed by atoms with Crippen molar-refractivity contribution >= 4 is 11.8 Å². The number of hydrogen-bond acceptors (Lipinski definition) is 2. The van der Waals surface area contributed by atoms with E-state index in [9.17, 15) is 5.11 Å². The summed E-state index contributed by atoms with van der Waals surface area (Å²) in [6.45, 7) is 12.9. The Morgan fingerprint density at radius 3 is 1.59 bits per heavy atom. The molecule has 0 radical (unpaired) electrons. The zero-order valence-electron chi connectivity index (χ0n) is 14.4. The Labute approximate surface area is 138 Å². The van der Waals surface area contributed by atoms with Crippen molar-refractivity contribution in [3.8, 4) is 5.75 Å². The van der Waals surface area contributed by atoms with Crippen molar-refractivity contribution in [3.05, 3.63) is 53.6 Å². The van der Waals surface area contributed by atoms with Crippen LogP contribution in [-0.2, 0) is 10.8 Å². The molecule has 118 valence electrons. The molecule has 2 rings (SSSR count). The summed E-state index contributed by atoms with van der Waals surface area (Å²) in [7, 11) is 0. The number of hydrogen-bond donors (Lipinski definition) is 1. The third kappa shape index (κ3) is 3.86. The number of phenols is 1. The van der Waals surface area contributed by atoms with Gasteiger partial charge >= 0.3 is 0 Å². The third-order valence-electron chi connectivity index (χ3n) is 3.68. The van der Waals surface area contributed by atoms with E-state index >= 15 is 0 Å². The van der Waals surface area contributed by atoms with Crippen LogP contribution in [-0.4, -0.2) is 5.11 Å². The summed E-state index contributed by atoms with van der Waals surface area (Å²) >= 11 is 1.75. The molecule has 0 bridgehead atoms. The monoisotopic (exact) mass is 314 g/mol. The van der Waals surface area contributed by atoms with E-state index in [4.69, 9.17) is 0 Å². The van der Waals surface area contributed by atoms with Crippen LogP contribution in [0.3, 0.4) is 0 Å². The summed E-state index contributed by atoms with van der Waals surface area (Å²) in [5.74, 6) is 0.442. The van der Waals surface area contributed by atoms with Gasteiger partial charge in [-0.3, -0.25) is 0 Å². The molecular weight excluding hydrogens is 288 g/mol. The topological polar surface area (TPSA) is 20.2 Å². The molecule has 0 saturated heterocycles. The Balaban J connectivity index is 2.56. The van der Waals surface area contributed by atoms with Gasteiger partial charge in [0.1, 0.15) is 5.75 Å². The smallest absolute Gasteiger partial charge is 0.123 e. The highest BCUT2D eigenvalue weighted by Gasteiger charge is 2.26. The first-order valence-corrected chi connectivity index (χ1v) is 8.51. The second-order valence-electron chi connectivity index (χ2n) is 7.78. The average molecular weight is 314 g/mol. The van der Waals surface area contributed by atoms with Crippen molar-refractivity contribution in [2.24, 2.45) is 0 Å². The molecule has 0 amide bonds. The van der Waals surface area contributed by atoms with Gasteiger partial charge in [0.2, 0.25) is 0 Å². The van der Waals surface area contributed by atoms with Crippen molar-refractivity contribution in [2.45, 2.75) is 62.2 Å². The fraction of sp³-hybridized carbons (Fsp3) is 0.400. The quantitative estimate of drug-likeness (QED) is 0.718. The van der Waals surface area contributed by atoms with Crippen molar-refractivity contribution in [2.75, 3.05) is 0 Å². The molecule has 2 heteroatoms. The molecule has 0 aliphatic rings. The van der Waals surface area contributed by atoms with Gasteiger partial charge in [0.15, 0.2) is 0 Å². The minimum absolute atomic E-state index is 0.0860. The average Bonchev–Trinajstić information content (AvgIpc) is 2.39. The number of phenolic OH excluding ortho intramolecular Hbond substituents is 1. The summed E-state index contributed by atoms with van der Waals surface area (Å²) in [6.07, 6.45) is 0. The zero-order valence-corrected chi connectivity index (χ0v) is 15.2. The van der Waals surface area contributed by atoms with E-state index in [-0.39, 0.29) is 10.8 Å². The maximum atomic E-state index is 10.7. The first kappa shape index (κ1) is 17.0. The SMILES string of the molecule is CC(C)(C)c1cc(Sc2ccccc2)cc(C(C)(C)C)c1O. The largest absolute Gasteiger partial charge is 0.507 e. The predicted octanol–water partition coefficient (Wildman–Crippen LogP) is 6.14. The van der Waals surface area contributed by atoms with Crippen LogP contribution in [0.2, 0.25) is 0 Å². The molecule has 0 heterocycles. The summed E-state index contributed by atoms with van der Waals surface area (Å²) in [4.78, 5) is 2.40. The molecule has 0 unspecified atom stereocenters. The van der Waals surface area contributed by atoms with Gasteiger partial charge in [-0.1, -0.05) is 71.5 Å². The second-order valence-corrected chi connectivity index (χ2v) is 8.93. The van der Waals surface area contributed by atoms with Crippen LogP contribution in [0.1, 0.15) is 52.7 Å². The van der Waals surface area contributed by atoms with Gasteiger partial charge in [-0.25, -0.2) is 0 Å². The standard InChI is InChI=1S/C20H26OS/c1-19(2,3)16-12-15(22-14-10-8-7-9-11-14)13-17(18(16)21)20(4,5)6/h7-13,21H,1-6H3. The summed E-state index contributed by atoms with van der Waals surface area (Å²) < 4.78 is 0. The number of benzene rings is 2. The summed E-state index contributed by atoms with van der Waals surface area (Å²) in [5.41, 5.74) is 1.85. The van der Waals surface area contributed by atoms with E-state index < -0.39 is 0 Å². The van der Waals surface area contributed by atoms with Crippen LogP contribution in [0.5, 0.6) is 5.75 Å². The van der Waals surface area contributed by atoms with Crippen molar-refractivity contribution in [3.63, 3.8) is 0 Å². The predicted molar refractivity (Wildman–Crippen MR) is 96.1 cm³/mol. The molecule has 2 aromatic rings.